The Morgan fingerprint density at radius 1 is 1.03 bits per heavy atom. The van der Waals surface area contributed by atoms with Gasteiger partial charge in [0, 0.05) is 30.5 Å². The number of rotatable bonds is 10. The van der Waals surface area contributed by atoms with Gasteiger partial charge >= 0.3 is 0 Å². The highest BCUT2D eigenvalue weighted by atomic mass is 32.2. The van der Waals surface area contributed by atoms with Crippen LogP contribution in [-0.2, 0) is 28.9 Å². The van der Waals surface area contributed by atoms with Crippen molar-refractivity contribution in [1.82, 2.24) is 19.4 Å². The first-order valence-corrected chi connectivity index (χ1v) is 12.9. The standard InChI is InChI=1S/C26H28N4O4S/c1-19(2)29-35(32,33)18-22-9-4-3-8-21(22)15-27-26(31)20-10-7-11-24(14-20)34-17-23-16-30-13-6-5-12-25(30)28-23/h3-14,16,19,29H,15,17-18H2,1-2H3,(H,27,31). The van der Waals surface area contributed by atoms with Gasteiger partial charge in [-0.25, -0.2) is 18.1 Å². The normalized spacial score (nSPS) is 11.6. The van der Waals surface area contributed by atoms with Gasteiger partial charge in [0.05, 0.1) is 11.4 Å². The predicted octanol–water partition coefficient (Wildman–Crippen LogP) is 3.67. The Morgan fingerprint density at radius 2 is 1.80 bits per heavy atom. The molecule has 9 heteroatoms. The van der Waals surface area contributed by atoms with Crippen LogP contribution in [0.1, 0.15) is 41.0 Å². The molecule has 2 aromatic heterocycles. The fraction of sp³-hybridized carbons (Fsp3) is 0.231. The van der Waals surface area contributed by atoms with E-state index in [0.717, 1.165) is 16.9 Å². The number of fused-ring (bicyclic) bond motifs is 1. The largest absolute Gasteiger partial charge is 0.487 e. The third kappa shape index (κ3) is 6.68. The molecule has 4 rings (SSSR count). The van der Waals surface area contributed by atoms with Crippen molar-refractivity contribution in [1.29, 1.82) is 0 Å². The van der Waals surface area contributed by atoms with E-state index in [9.17, 15) is 13.2 Å². The minimum Gasteiger partial charge on any atom is -0.487 e. The lowest BCUT2D eigenvalue weighted by Crippen LogP contribution is -2.31. The number of nitrogens with one attached hydrogen (secondary N) is 2. The molecule has 2 N–H and O–H groups in total. The third-order valence-electron chi connectivity index (χ3n) is 5.22. The Balaban J connectivity index is 1.38. The number of aromatic nitrogens is 2. The van der Waals surface area contributed by atoms with Gasteiger partial charge in [0.2, 0.25) is 10.0 Å². The smallest absolute Gasteiger partial charge is 0.251 e. The van der Waals surface area contributed by atoms with Crippen molar-refractivity contribution < 1.29 is 17.9 Å². The Morgan fingerprint density at radius 3 is 2.57 bits per heavy atom. The summed E-state index contributed by atoms with van der Waals surface area (Å²) in [5.41, 5.74) is 3.46. The molecule has 4 aromatic rings. The summed E-state index contributed by atoms with van der Waals surface area (Å²) in [5, 5.41) is 2.88. The molecule has 35 heavy (non-hydrogen) atoms. The molecule has 8 nitrogen and oxygen atoms in total. The average molecular weight is 493 g/mol. The van der Waals surface area contributed by atoms with E-state index in [4.69, 9.17) is 4.74 Å². The number of hydrogen-bond donors (Lipinski definition) is 2. The van der Waals surface area contributed by atoms with Crippen molar-refractivity contribution in [2.45, 2.75) is 38.8 Å². The lowest BCUT2D eigenvalue weighted by molar-refractivity contribution is 0.0950. The van der Waals surface area contributed by atoms with Gasteiger partial charge < -0.3 is 14.5 Å². The highest BCUT2D eigenvalue weighted by molar-refractivity contribution is 7.88. The number of sulfonamides is 1. The molecule has 0 fully saturated rings. The lowest BCUT2D eigenvalue weighted by atomic mass is 10.1. The van der Waals surface area contributed by atoms with Gasteiger partial charge in [-0.2, -0.15) is 0 Å². The summed E-state index contributed by atoms with van der Waals surface area (Å²) in [5.74, 6) is 0.131. The van der Waals surface area contributed by atoms with Crippen LogP contribution < -0.4 is 14.8 Å². The van der Waals surface area contributed by atoms with Crippen LogP contribution >= 0.6 is 0 Å². The number of nitrogens with zero attached hydrogens (tertiary/aromatic N) is 2. The van der Waals surface area contributed by atoms with Crippen LogP contribution in [0, 0.1) is 0 Å². The summed E-state index contributed by atoms with van der Waals surface area (Å²) >= 11 is 0. The van der Waals surface area contributed by atoms with Gasteiger partial charge in [-0.3, -0.25) is 4.79 Å². The maximum absolute atomic E-state index is 12.8. The van der Waals surface area contributed by atoms with Crippen molar-refractivity contribution in [2.75, 3.05) is 0 Å². The van der Waals surface area contributed by atoms with E-state index in [2.05, 4.69) is 15.0 Å². The van der Waals surface area contributed by atoms with Crippen LogP contribution in [0.15, 0.2) is 79.1 Å². The second kappa shape index (κ2) is 10.7. The minimum absolute atomic E-state index is 0.149. The van der Waals surface area contributed by atoms with E-state index in [0.29, 0.717) is 16.9 Å². The molecule has 2 aromatic carbocycles. The Bertz CT molecular complexity index is 1400. The molecule has 0 unspecified atom stereocenters. The molecule has 182 valence electrons. The number of pyridine rings is 1. The first-order valence-electron chi connectivity index (χ1n) is 11.3. The van der Waals surface area contributed by atoms with Crippen molar-refractivity contribution in [3.05, 3.63) is 102 Å². The number of carbonyl (C=O) groups is 1. The van der Waals surface area contributed by atoms with E-state index < -0.39 is 10.0 Å². The fourth-order valence-electron chi connectivity index (χ4n) is 3.69. The number of ether oxygens (including phenoxy) is 1. The Kier molecular flexibility index (Phi) is 7.48. The second-order valence-electron chi connectivity index (χ2n) is 8.50. The fourth-order valence-corrected chi connectivity index (χ4v) is 5.19. The molecule has 0 spiro atoms. The SMILES string of the molecule is CC(C)NS(=O)(=O)Cc1ccccc1CNC(=O)c1cccc(OCc2cn3ccccc3n2)c1. The van der Waals surface area contributed by atoms with Gasteiger partial charge in [-0.15, -0.1) is 0 Å². The molecule has 0 atom stereocenters. The zero-order valence-electron chi connectivity index (χ0n) is 19.6. The highest BCUT2D eigenvalue weighted by Crippen LogP contribution is 2.17. The summed E-state index contributed by atoms with van der Waals surface area (Å²) in [4.78, 5) is 17.3. The van der Waals surface area contributed by atoms with Crippen molar-refractivity contribution in [3.63, 3.8) is 0 Å². The molecule has 1 amide bonds. The zero-order chi connectivity index (χ0) is 24.8. The summed E-state index contributed by atoms with van der Waals surface area (Å²) in [6, 6.07) is 19.7. The quantitative estimate of drug-likeness (QED) is 0.352. The molecule has 0 saturated heterocycles. The van der Waals surface area contributed by atoms with Crippen LogP contribution in [0.5, 0.6) is 5.75 Å². The molecule has 0 bridgehead atoms. The second-order valence-corrected chi connectivity index (χ2v) is 10.3. The van der Waals surface area contributed by atoms with E-state index in [1.807, 2.05) is 47.1 Å². The number of hydrogen-bond acceptors (Lipinski definition) is 5. The minimum atomic E-state index is -3.48. The third-order valence-corrected chi connectivity index (χ3v) is 6.74. The average Bonchev–Trinajstić information content (AvgIpc) is 3.24. The first-order chi connectivity index (χ1) is 16.8. The van der Waals surface area contributed by atoms with Crippen LogP contribution in [-0.4, -0.2) is 29.8 Å². The predicted molar refractivity (Wildman–Crippen MR) is 134 cm³/mol. The van der Waals surface area contributed by atoms with Crippen LogP contribution in [0.25, 0.3) is 5.65 Å². The molecule has 0 aliphatic carbocycles. The molecule has 0 saturated carbocycles. The van der Waals surface area contributed by atoms with Crippen molar-refractivity contribution >= 4 is 21.6 Å². The number of benzene rings is 2. The van der Waals surface area contributed by atoms with Gasteiger partial charge in [0.1, 0.15) is 18.0 Å². The van der Waals surface area contributed by atoms with Crippen LogP contribution in [0.3, 0.4) is 0 Å². The zero-order valence-corrected chi connectivity index (χ0v) is 20.5. The van der Waals surface area contributed by atoms with Crippen molar-refractivity contribution in [3.8, 4) is 5.75 Å². The Hall–Kier alpha value is -3.69. The summed E-state index contributed by atoms with van der Waals surface area (Å²) < 4.78 is 35.1. The summed E-state index contributed by atoms with van der Waals surface area (Å²) in [6.07, 6.45) is 3.82. The van der Waals surface area contributed by atoms with E-state index in [1.54, 1.807) is 50.2 Å². The van der Waals surface area contributed by atoms with Gasteiger partial charge in [-0.1, -0.05) is 36.4 Å². The topological polar surface area (TPSA) is 102 Å². The van der Waals surface area contributed by atoms with Gasteiger partial charge in [0.25, 0.3) is 5.91 Å². The van der Waals surface area contributed by atoms with E-state index in [-0.39, 0.29) is 30.9 Å². The number of carbonyl (C=O) groups excluding carboxylic acids is 1. The number of amides is 1. The Labute approximate surface area is 205 Å². The molecular formula is C26H28N4O4S. The van der Waals surface area contributed by atoms with Crippen LogP contribution in [0.4, 0.5) is 0 Å². The maximum Gasteiger partial charge on any atom is 0.251 e. The molecule has 0 radical (unpaired) electrons. The first kappa shape index (κ1) is 24.4. The summed E-state index contributed by atoms with van der Waals surface area (Å²) in [7, 11) is -3.48. The van der Waals surface area contributed by atoms with Crippen molar-refractivity contribution in [2.24, 2.45) is 0 Å². The number of imidazole rings is 1. The molecule has 2 heterocycles. The van der Waals surface area contributed by atoms with E-state index >= 15 is 0 Å². The maximum atomic E-state index is 12.8. The monoisotopic (exact) mass is 492 g/mol. The lowest BCUT2D eigenvalue weighted by Gasteiger charge is -2.13. The molecule has 0 aliphatic rings. The van der Waals surface area contributed by atoms with E-state index in [1.165, 1.54) is 0 Å². The molecule has 0 aliphatic heterocycles. The van der Waals surface area contributed by atoms with Gasteiger partial charge in [0.15, 0.2) is 0 Å². The highest BCUT2D eigenvalue weighted by Gasteiger charge is 2.16. The van der Waals surface area contributed by atoms with Crippen LogP contribution in [0.2, 0.25) is 0 Å². The van der Waals surface area contributed by atoms with Gasteiger partial charge in [-0.05, 0) is 55.3 Å². The molecular weight excluding hydrogens is 464 g/mol. The summed E-state index contributed by atoms with van der Waals surface area (Å²) in [6.45, 7) is 4.04.